The number of aliphatic hydroxyl groups excluding tert-OH is 1. The van der Waals surface area contributed by atoms with Crippen LogP contribution in [0.1, 0.15) is 42.6 Å². The molecular weight excluding hydrogens is 304 g/mol. The van der Waals surface area contributed by atoms with Crippen LogP contribution in [0.3, 0.4) is 0 Å². The molecule has 2 N–H and O–H groups in total. The molecule has 0 aliphatic carbocycles. The Balaban J connectivity index is 0.000000648. The van der Waals surface area contributed by atoms with Crippen LogP contribution in [0.5, 0.6) is 11.5 Å². The van der Waals surface area contributed by atoms with Crippen LogP contribution in [0.4, 0.5) is 0 Å². The molecule has 0 amide bonds. The average Bonchev–Trinajstić information content (AvgIpc) is 2.55. The summed E-state index contributed by atoms with van der Waals surface area (Å²) in [5.41, 5.74) is 0.768. The van der Waals surface area contributed by atoms with E-state index in [2.05, 4.69) is 13.5 Å². The summed E-state index contributed by atoms with van der Waals surface area (Å²) in [6.07, 6.45) is 1.98. The van der Waals surface area contributed by atoms with Crippen LogP contribution in [0.25, 0.3) is 0 Å². The van der Waals surface area contributed by atoms with E-state index in [1.807, 2.05) is 6.07 Å². The molecule has 0 radical (unpaired) electrons. The lowest BCUT2D eigenvalue weighted by Gasteiger charge is -2.11. The van der Waals surface area contributed by atoms with Gasteiger partial charge in [-0.05, 0) is 37.6 Å². The molecule has 0 aliphatic heterocycles. The number of phenols is 1. The highest BCUT2D eigenvalue weighted by molar-refractivity contribution is 6.12. The Morgan fingerprint density at radius 2 is 1.62 bits per heavy atom. The second kappa shape index (κ2) is 10.1. The van der Waals surface area contributed by atoms with Crippen molar-refractivity contribution in [1.29, 1.82) is 0 Å². The summed E-state index contributed by atoms with van der Waals surface area (Å²) in [7, 11) is 0. The van der Waals surface area contributed by atoms with Crippen molar-refractivity contribution < 1.29 is 19.7 Å². The molecular formula is C20H24O4. The number of phenolic OH excluding ortho intramolecular Hbond substituents is 1. The number of ether oxygens (including phenoxy) is 1. The van der Waals surface area contributed by atoms with E-state index in [9.17, 15) is 9.90 Å². The molecule has 2 aromatic rings. The summed E-state index contributed by atoms with van der Waals surface area (Å²) in [5, 5.41) is 17.6. The Labute approximate surface area is 143 Å². The number of hydrogen-bond donors (Lipinski definition) is 2. The third-order valence-electron chi connectivity index (χ3n) is 3.04. The molecule has 0 aromatic heterocycles. The summed E-state index contributed by atoms with van der Waals surface area (Å²) >= 11 is 0. The largest absolute Gasteiger partial charge is 0.513 e. The topological polar surface area (TPSA) is 66.8 Å². The number of benzene rings is 2. The van der Waals surface area contributed by atoms with Crippen molar-refractivity contribution in [2.75, 3.05) is 6.61 Å². The van der Waals surface area contributed by atoms with E-state index in [4.69, 9.17) is 9.84 Å². The first kappa shape index (κ1) is 19.3. The van der Waals surface area contributed by atoms with E-state index in [1.54, 1.807) is 36.4 Å². The first-order valence-electron chi connectivity index (χ1n) is 7.86. The Hall–Kier alpha value is -2.75. The minimum Gasteiger partial charge on any atom is -0.513 e. The Morgan fingerprint density at radius 1 is 1.08 bits per heavy atom. The predicted octanol–water partition coefficient (Wildman–Crippen LogP) is 4.88. The van der Waals surface area contributed by atoms with Crippen LogP contribution in [0.15, 0.2) is 60.9 Å². The molecule has 24 heavy (non-hydrogen) atoms. The number of para-hydroxylation sites is 2. The molecule has 2 rings (SSSR count). The minimum atomic E-state index is -0.227. The van der Waals surface area contributed by atoms with Gasteiger partial charge in [-0.25, -0.2) is 0 Å². The van der Waals surface area contributed by atoms with Crippen LogP contribution >= 0.6 is 0 Å². The SMILES string of the molecule is C=C(C)O.CCCCOc1ccccc1C(=O)c1ccccc1O. The minimum absolute atomic E-state index is 0.0131. The monoisotopic (exact) mass is 328 g/mol. The second-order valence-electron chi connectivity index (χ2n) is 5.28. The second-order valence-corrected chi connectivity index (χ2v) is 5.28. The number of rotatable bonds is 6. The van der Waals surface area contributed by atoms with Crippen molar-refractivity contribution in [1.82, 2.24) is 0 Å². The number of unbranched alkanes of at least 4 members (excludes halogenated alkanes) is 1. The van der Waals surface area contributed by atoms with Gasteiger partial charge in [-0.3, -0.25) is 4.79 Å². The number of carbonyl (C=O) groups excluding carboxylic acids is 1. The maximum atomic E-state index is 12.5. The molecule has 128 valence electrons. The van der Waals surface area contributed by atoms with Crippen molar-refractivity contribution in [2.45, 2.75) is 26.7 Å². The molecule has 0 atom stereocenters. The number of aliphatic hydroxyl groups is 1. The van der Waals surface area contributed by atoms with Gasteiger partial charge in [-0.15, -0.1) is 0 Å². The van der Waals surface area contributed by atoms with Crippen LogP contribution in [0.2, 0.25) is 0 Å². The number of aromatic hydroxyl groups is 1. The Morgan fingerprint density at radius 3 is 2.21 bits per heavy atom. The van der Waals surface area contributed by atoms with Gasteiger partial charge in [-0.2, -0.15) is 0 Å². The smallest absolute Gasteiger partial charge is 0.200 e. The normalized spacial score (nSPS) is 9.58. The standard InChI is InChI=1S/C17H18O3.C3H6O/c1-2-3-12-20-16-11-7-5-9-14(16)17(19)13-8-4-6-10-15(13)18;1-3(2)4/h4-11,18H,2-3,12H2,1H3;4H,1H2,2H3. The van der Waals surface area contributed by atoms with Gasteiger partial charge in [0.05, 0.1) is 23.5 Å². The molecule has 0 saturated carbocycles. The quantitative estimate of drug-likeness (QED) is 0.450. The van der Waals surface area contributed by atoms with Gasteiger partial charge in [-0.1, -0.05) is 44.2 Å². The van der Waals surface area contributed by atoms with Gasteiger partial charge in [0.25, 0.3) is 0 Å². The van der Waals surface area contributed by atoms with Gasteiger partial charge in [0.15, 0.2) is 5.78 Å². The fraction of sp³-hybridized carbons (Fsp3) is 0.250. The van der Waals surface area contributed by atoms with Crippen LogP contribution in [-0.4, -0.2) is 22.6 Å². The number of hydrogen-bond acceptors (Lipinski definition) is 4. The number of allylic oxidation sites excluding steroid dienone is 1. The molecule has 0 saturated heterocycles. The highest BCUT2D eigenvalue weighted by Crippen LogP contribution is 2.25. The first-order chi connectivity index (χ1) is 11.5. The van der Waals surface area contributed by atoms with Gasteiger partial charge in [0.1, 0.15) is 11.5 Å². The molecule has 0 bridgehead atoms. The molecule has 0 fully saturated rings. The summed E-state index contributed by atoms with van der Waals surface area (Å²) in [6, 6.07) is 13.7. The maximum absolute atomic E-state index is 12.5. The predicted molar refractivity (Wildman–Crippen MR) is 95.8 cm³/mol. The van der Waals surface area contributed by atoms with Gasteiger partial charge >= 0.3 is 0 Å². The number of carbonyl (C=O) groups is 1. The van der Waals surface area contributed by atoms with E-state index >= 15 is 0 Å². The summed E-state index contributed by atoms with van der Waals surface area (Å²) in [5.74, 6) is 0.491. The lowest BCUT2D eigenvalue weighted by Crippen LogP contribution is -2.06. The van der Waals surface area contributed by atoms with Gasteiger partial charge in [0.2, 0.25) is 0 Å². The van der Waals surface area contributed by atoms with Crippen molar-refractivity contribution in [3.8, 4) is 11.5 Å². The molecule has 4 nitrogen and oxygen atoms in total. The zero-order chi connectivity index (χ0) is 17.9. The van der Waals surface area contributed by atoms with E-state index < -0.39 is 0 Å². The average molecular weight is 328 g/mol. The lowest BCUT2D eigenvalue weighted by atomic mass is 10.0. The van der Waals surface area contributed by atoms with Crippen molar-refractivity contribution in [3.63, 3.8) is 0 Å². The molecule has 0 unspecified atom stereocenters. The highest BCUT2D eigenvalue weighted by atomic mass is 16.5. The third kappa shape index (κ3) is 6.16. The first-order valence-corrected chi connectivity index (χ1v) is 7.86. The van der Waals surface area contributed by atoms with E-state index in [0.717, 1.165) is 12.8 Å². The van der Waals surface area contributed by atoms with E-state index in [-0.39, 0.29) is 17.3 Å². The van der Waals surface area contributed by atoms with E-state index in [0.29, 0.717) is 23.5 Å². The van der Waals surface area contributed by atoms with Crippen LogP contribution in [-0.2, 0) is 0 Å². The summed E-state index contributed by atoms with van der Waals surface area (Å²) in [4.78, 5) is 12.5. The molecule has 2 aromatic carbocycles. The van der Waals surface area contributed by atoms with Crippen molar-refractivity contribution in [2.24, 2.45) is 0 Å². The lowest BCUT2D eigenvalue weighted by molar-refractivity contribution is 0.103. The zero-order valence-corrected chi connectivity index (χ0v) is 14.2. The van der Waals surface area contributed by atoms with E-state index in [1.165, 1.54) is 13.0 Å². The van der Waals surface area contributed by atoms with Crippen molar-refractivity contribution in [3.05, 3.63) is 72.0 Å². The fourth-order valence-electron chi connectivity index (χ4n) is 1.92. The number of ketones is 1. The van der Waals surface area contributed by atoms with Gasteiger partial charge in [0, 0.05) is 0 Å². The molecule has 0 heterocycles. The van der Waals surface area contributed by atoms with Crippen LogP contribution < -0.4 is 4.74 Å². The van der Waals surface area contributed by atoms with Crippen LogP contribution in [0, 0.1) is 0 Å². The summed E-state index contributed by atoms with van der Waals surface area (Å²) < 4.78 is 5.66. The molecule has 0 aliphatic rings. The Kier molecular flexibility index (Phi) is 8.13. The third-order valence-corrected chi connectivity index (χ3v) is 3.04. The van der Waals surface area contributed by atoms with Gasteiger partial charge < -0.3 is 14.9 Å². The molecule has 4 heteroatoms. The molecule has 0 spiro atoms. The fourth-order valence-corrected chi connectivity index (χ4v) is 1.92. The summed E-state index contributed by atoms with van der Waals surface area (Å²) in [6.45, 7) is 7.31. The maximum Gasteiger partial charge on any atom is 0.200 e. The zero-order valence-electron chi connectivity index (χ0n) is 14.2. The Bertz CT molecular complexity index is 673. The van der Waals surface area contributed by atoms with Crippen molar-refractivity contribution >= 4 is 5.78 Å². The highest BCUT2D eigenvalue weighted by Gasteiger charge is 2.16.